The number of ether oxygens (including phenoxy) is 1. The van der Waals surface area contributed by atoms with Gasteiger partial charge in [-0.3, -0.25) is 18.6 Å². The molecule has 0 aromatic rings. The lowest BCUT2D eigenvalue weighted by Gasteiger charge is -2.15. The number of hydrogen-bond donors (Lipinski definition) is 3. The second-order valence-electron chi connectivity index (χ2n) is 16.4. The van der Waals surface area contributed by atoms with Crippen LogP contribution in [0.4, 0.5) is 0 Å². The van der Waals surface area contributed by atoms with Crippen molar-refractivity contribution in [2.75, 3.05) is 26.4 Å². The van der Waals surface area contributed by atoms with Crippen molar-refractivity contribution >= 4 is 19.7 Å². The highest BCUT2D eigenvalue weighted by Crippen LogP contribution is 2.42. The van der Waals surface area contributed by atoms with Gasteiger partial charge in [0.15, 0.2) is 0 Å². The number of nitrogens with one attached hydrogen (secondary N) is 1. The molecule has 0 heterocycles. The van der Waals surface area contributed by atoms with Gasteiger partial charge in [-0.25, -0.2) is 4.57 Å². The normalized spacial score (nSPS) is 13.3. The van der Waals surface area contributed by atoms with Crippen LogP contribution in [-0.4, -0.2) is 54.3 Å². The summed E-state index contributed by atoms with van der Waals surface area (Å²) in [7, 11) is -4.42. The Kier molecular flexibility index (Phi) is 43.3. The van der Waals surface area contributed by atoms with Gasteiger partial charge in [-0.15, -0.1) is 0 Å². The van der Waals surface area contributed by atoms with E-state index in [0.29, 0.717) is 6.42 Å². The number of unbranched alkanes of at least 4 members (excludes halogenated alkanes) is 31. The number of phosphoric ester groups is 1. The molecule has 0 aromatic heterocycles. The molecule has 0 bridgehead atoms. The van der Waals surface area contributed by atoms with Gasteiger partial charge in [0.25, 0.3) is 0 Å². The maximum atomic E-state index is 12.1. The average molecular weight is 830 g/mol. The molecule has 9 nitrogen and oxygen atoms in total. The zero-order chi connectivity index (χ0) is 41.8. The Morgan fingerprint density at radius 3 is 1.32 bits per heavy atom. The minimum Gasteiger partial charge on any atom is -0.463 e. The van der Waals surface area contributed by atoms with E-state index >= 15 is 0 Å². The molecule has 2 atom stereocenters. The first-order chi connectivity index (χ1) is 27.8. The topological polar surface area (TPSA) is 131 Å². The van der Waals surface area contributed by atoms with E-state index in [1.165, 1.54) is 180 Å². The van der Waals surface area contributed by atoms with Gasteiger partial charge in [0.05, 0.1) is 13.2 Å². The van der Waals surface area contributed by atoms with Crippen LogP contribution in [0, 0.1) is 0 Å². The third-order valence-electron chi connectivity index (χ3n) is 10.7. The van der Waals surface area contributed by atoms with Crippen LogP contribution in [-0.2, 0) is 27.9 Å². The van der Waals surface area contributed by atoms with Crippen molar-refractivity contribution in [1.82, 2.24) is 5.32 Å². The van der Waals surface area contributed by atoms with Crippen molar-refractivity contribution in [2.45, 2.75) is 251 Å². The number of aliphatic hydroxyl groups is 1. The minimum atomic E-state index is -4.42. The van der Waals surface area contributed by atoms with E-state index in [0.717, 1.165) is 38.5 Å². The maximum Gasteiger partial charge on any atom is 0.472 e. The first kappa shape index (κ1) is 55.8. The molecule has 0 fully saturated rings. The molecule has 2 unspecified atom stereocenters. The quantitative estimate of drug-likeness (QED) is 0.0239. The highest BCUT2D eigenvalue weighted by atomic mass is 31.2. The summed E-state index contributed by atoms with van der Waals surface area (Å²) in [5, 5.41) is 12.7. The Morgan fingerprint density at radius 1 is 0.526 bits per heavy atom. The van der Waals surface area contributed by atoms with E-state index in [9.17, 15) is 24.2 Å². The number of hydrogen-bond acceptors (Lipinski definition) is 7. The number of carbonyl (C=O) groups is 2. The predicted molar refractivity (Wildman–Crippen MR) is 238 cm³/mol. The summed E-state index contributed by atoms with van der Waals surface area (Å²) in [6.07, 6.45) is 47.1. The number of allylic oxidation sites excluding steroid dienone is 2. The number of rotatable bonds is 46. The molecule has 10 heteroatoms. The third kappa shape index (κ3) is 45.7. The molecule has 1 amide bonds. The Labute approximate surface area is 351 Å². The number of phosphoric acid groups is 1. The van der Waals surface area contributed by atoms with Crippen molar-refractivity contribution < 1.29 is 37.9 Å². The summed E-state index contributed by atoms with van der Waals surface area (Å²) in [6, 6.07) is 0. The summed E-state index contributed by atoms with van der Waals surface area (Å²) in [6.45, 7) is 3.59. The van der Waals surface area contributed by atoms with Crippen LogP contribution < -0.4 is 5.32 Å². The zero-order valence-electron chi connectivity index (χ0n) is 37.3. The molecule has 0 aliphatic heterocycles. The predicted octanol–water partition coefficient (Wildman–Crippen LogP) is 13.8. The van der Waals surface area contributed by atoms with Gasteiger partial charge in [0, 0.05) is 19.4 Å². The van der Waals surface area contributed by atoms with E-state index in [2.05, 4.69) is 31.3 Å². The second-order valence-corrected chi connectivity index (χ2v) is 17.9. The number of carbonyl (C=O) groups excluding carboxylic acids is 2. The largest absolute Gasteiger partial charge is 0.472 e. The molecule has 3 N–H and O–H groups in total. The Hall–Kier alpha value is -1.25. The summed E-state index contributed by atoms with van der Waals surface area (Å²) >= 11 is 0. The fourth-order valence-electron chi connectivity index (χ4n) is 7.02. The van der Waals surface area contributed by atoms with Gasteiger partial charge in [-0.05, 0) is 38.5 Å². The number of amides is 1. The van der Waals surface area contributed by atoms with Crippen LogP contribution in [0.5, 0.6) is 0 Å². The van der Waals surface area contributed by atoms with Crippen molar-refractivity contribution in [2.24, 2.45) is 0 Å². The highest BCUT2D eigenvalue weighted by molar-refractivity contribution is 7.47. The van der Waals surface area contributed by atoms with Crippen LogP contribution >= 0.6 is 7.82 Å². The van der Waals surface area contributed by atoms with E-state index in [-0.39, 0.29) is 32.1 Å². The van der Waals surface area contributed by atoms with Crippen molar-refractivity contribution in [3.8, 4) is 0 Å². The lowest BCUT2D eigenvalue weighted by atomic mass is 10.0. The minimum absolute atomic E-state index is 0.0832. The zero-order valence-corrected chi connectivity index (χ0v) is 38.2. The molecule has 0 radical (unpaired) electrons. The second kappa shape index (κ2) is 44.3. The Bertz CT molecular complexity index is 948. The molecular weight excluding hydrogens is 737 g/mol. The monoisotopic (exact) mass is 830 g/mol. The van der Waals surface area contributed by atoms with Crippen LogP contribution in [0.15, 0.2) is 12.2 Å². The smallest absolute Gasteiger partial charge is 0.463 e. The Balaban J connectivity index is 3.54. The van der Waals surface area contributed by atoms with E-state index in [1.54, 1.807) is 0 Å². The summed E-state index contributed by atoms with van der Waals surface area (Å²) < 4.78 is 26.9. The molecule has 0 aliphatic rings. The van der Waals surface area contributed by atoms with Crippen LogP contribution in [0.2, 0.25) is 0 Å². The third-order valence-corrected chi connectivity index (χ3v) is 11.7. The van der Waals surface area contributed by atoms with Crippen LogP contribution in [0.1, 0.15) is 245 Å². The van der Waals surface area contributed by atoms with Gasteiger partial charge in [0.1, 0.15) is 12.7 Å². The van der Waals surface area contributed by atoms with Gasteiger partial charge in [0.2, 0.25) is 5.91 Å². The van der Waals surface area contributed by atoms with Gasteiger partial charge < -0.3 is 20.1 Å². The molecule has 0 saturated heterocycles. The lowest BCUT2D eigenvalue weighted by Crippen LogP contribution is -2.27. The fraction of sp³-hybridized carbons (Fsp3) is 0.915. The molecule has 0 rings (SSSR count). The van der Waals surface area contributed by atoms with Gasteiger partial charge in [-0.1, -0.05) is 206 Å². The standard InChI is InChI=1S/C47H92NO8P/c1-3-5-7-9-11-13-15-17-19-21-23-25-27-29-31-33-35-37-39-46(50)48-41-42-55-57(52,53)56-44-45(49)43-54-47(51)40-38-36-34-32-30-28-26-24-22-20-18-16-14-12-10-8-6-4-2/h19,21,45,49H,3-18,20,22-44H2,1-2H3,(H,48,50)(H,52,53)/b21-19-. The van der Waals surface area contributed by atoms with E-state index in [4.69, 9.17) is 13.8 Å². The van der Waals surface area contributed by atoms with Gasteiger partial charge >= 0.3 is 13.8 Å². The molecule has 338 valence electrons. The fourth-order valence-corrected chi connectivity index (χ4v) is 7.78. The highest BCUT2D eigenvalue weighted by Gasteiger charge is 2.23. The summed E-state index contributed by atoms with van der Waals surface area (Å²) in [5.74, 6) is -0.509. The first-order valence-electron chi connectivity index (χ1n) is 24.2. The summed E-state index contributed by atoms with van der Waals surface area (Å²) in [4.78, 5) is 34.0. The number of aliphatic hydroxyl groups excluding tert-OH is 1. The molecule has 0 aromatic carbocycles. The molecule has 0 spiro atoms. The van der Waals surface area contributed by atoms with Crippen LogP contribution in [0.25, 0.3) is 0 Å². The average Bonchev–Trinajstić information content (AvgIpc) is 3.20. The van der Waals surface area contributed by atoms with Crippen molar-refractivity contribution in [1.29, 1.82) is 0 Å². The number of esters is 1. The van der Waals surface area contributed by atoms with Crippen molar-refractivity contribution in [3.05, 3.63) is 12.2 Å². The summed E-state index contributed by atoms with van der Waals surface area (Å²) in [5.41, 5.74) is 0. The van der Waals surface area contributed by atoms with E-state index < -0.39 is 26.5 Å². The lowest BCUT2D eigenvalue weighted by molar-refractivity contribution is -0.147. The Morgan fingerprint density at radius 2 is 0.895 bits per heavy atom. The maximum absolute atomic E-state index is 12.1. The molecule has 57 heavy (non-hydrogen) atoms. The SMILES string of the molecule is CCCCCCCCC/C=C\CCCCCCCCCC(=O)NCCOP(=O)(O)OCC(O)COC(=O)CCCCCCCCCCCCCCCCCCCC. The van der Waals surface area contributed by atoms with E-state index in [1.807, 2.05) is 0 Å². The van der Waals surface area contributed by atoms with Gasteiger partial charge in [-0.2, -0.15) is 0 Å². The van der Waals surface area contributed by atoms with Crippen molar-refractivity contribution in [3.63, 3.8) is 0 Å². The molecule has 0 saturated carbocycles. The first-order valence-corrected chi connectivity index (χ1v) is 25.7. The molecule has 0 aliphatic carbocycles. The molecular formula is C47H92NO8P. The van der Waals surface area contributed by atoms with Crippen LogP contribution in [0.3, 0.4) is 0 Å².